The molecular formula is C14H18N2OS. The molecule has 0 aliphatic carbocycles. The molecule has 1 N–H and O–H groups in total. The number of hydrogen-bond donors (Lipinski definition) is 1. The van der Waals surface area contributed by atoms with Crippen molar-refractivity contribution in [3.05, 3.63) is 36.5 Å². The van der Waals surface area contributed by atoms with Crippen molar-refractivity contribution in [2.45, 2.75) is 18.6 Å². The van der Waals surface area contributed by atoms with Crippen LogP contribution >= 0.6 is 0 Å². The van der Waals surface area contributed by atoms with Crippen LogP contribution in [0, 0.1) is 0 Å². The summed E-state index contributed by atoms with van der Waals surface area (Å²) in [5.74, 6) is 0.905. The Morgan fingerprint density at radius 3 is 2.89 bits per heavy atom. The molecule has 18 heavy (non-hydrogen) atoms. The van der Waals surface area contributed by atoms with Crippen molar-refractivity contribution in [3.8, 4) is 0 Å². The molecule has 96 valence electrons. The van der Waals surface area contributed by atoms with E-state index in [4.69, 9.17) is 0 Å². The summed E-state index contributed by atoms with van der Waals surface area (Å²) >= 11 is 0. The largest absolute Gasteiger partial charge is 0.370 e. The van der Waals surface area contributed by atoms with Gasteiger partial charge in [-0.05, 0) is 17.9 Å². The second-order valence-electron chi connectivity index (χ2n) is 4.41. The monoisotopic (exact) mass is 262 g/mol. The number of nitrogens with one attached hydrogen (secondary N) is 1. The fourth-order valence-corrected chi connectivity index (χ4v) is 2.27. The first-order valence-corrected chi connectivity index (χ1v) is 7.70. The molecule has 0 radical (unpaired) electrons. The molecule has 0 aliphatic heterocycles. The normalized spacial score (nSPS) is 14.3. The van der Waals surface area contributed by atoms with Gasteiger partial charge in [-0.15, -0.1) is 0 Å². The highest BCUT2D eigenvalue weighted by Gasteiger charge is 2.06. The molecular weight excluding hydrogens is 244 g/mol. The molecule has 3 nitrogen and oxygen atoms in total. The van der Waals surface area contributed by atoms with Crippen LogP contribution in [-0.4, -0.2) is 27.2 Å². The van der Waals surface area contributed by atoms with Gasteiger partial charge in [-0.1, -0.05) is 31.2 Å². The molecule has 4 heteroatoms. The molecule has 2 unspecified atom stereocenters. The SMILES string of the molecule is CC(CCNc1nccc2ccccc12)S(C)=O. The lowest BCUT2D eigenvalue weighted by Gasteiger charge is -2.11. The third-order valence-electron chi connectivity index (χ3n) is 3.08. The predicted molar refractivity (Wildman–Crippen MR) is 78.4 cm³/mol. The van der Waals surface area contributed by atoms with Gasteiger partial charge in [0.15, 0.2) is 0 Å². The molecule has 1 aromatic heterocycles. The van der Waals surface area contributed by atoms with Crippen LogP contribution in [-0.2, 0) is 10.8 Å². The van der Waals surface area contributed by atoms with Crippen LogP contribution in [0.3, 0.4) is 0 Å². The van der Waals surface area contributed by atoms with Gasteiger partial charge < -0.3 is 5.32 Å². The van der Waals surface area contributed by atoms with Crippen molar-refractivity contribution in [2.24, 2.45) is 0 Å². The Morgan fingerprint density at radius 1 is 1.33 bits per heavy atom. The van der Waals surface area contributed by atoms with Gasteiger partial charge in [0.05, 0.1) is 0 Å². The second-order valence-corrected chi connectivity index (χ2v) is 6.21. The van der Waals surface area contributed by atoms with Crippen molar-refractivity contribution < 1.29 is 4.21 Å². The minimum Gasteiger partial charge on any atom is -0.370 e. The Kier molecular flexibility index (Phi) is 4.31. The van der Waals surface area contributed by atoms with Gasteiger partial charge in [-0.2, -0.15) is 0 Å². The Labute approximate surface area is 110 Å². The average Bonchev–Trinajstić information content (AvgIpc) is 2.38. The van der Waals surface area contributed by atoms with Crippen molar-refractivity contribution >= 4 is 27.4 Å². The van der Waals surface area contributed by atoms with Gasteiger partial charge in [-0.25, -0.2) is 4.98 Å². The fraction of sp³-hybridized carbons (Fsp3) is 0.357. The summed E-state index contributed by atoms with van der Waals surface area (Å²) in [7, 11) is -0.756. The summed E-state index contributed by atoms with van der Waals surface area (Å²) in [6, 6.07) is 10.2. The topological polar surface area (TPSA) is 42.0 Å². The Morgan fingerprint density at radius 2 is 2.11 bits per heavy atom. The molecule has 1 heterocycles. The van der Waals surface area contributed by atoms with E-state index < -0.39 is 10.8 Å². The maximum absolute atomic E-state index is 11.3. The van der Waals surface area contributed by atoms with Gasteiger partial charge in [0, 0.05) is 40.4 Å². The van der Waals surface area contributed by atoms with Crippen LogP contribution < -0.4 is 5.32 Å². The van der Waals surface area contributed by atoms with E-state index in [0.29, 0.717) is 0 Å². The van der Waals surface area contributed by atoms with Crippen LogP contribution in [0.25, 0.3) is 10.8 Å². The zero-order valence-corrected chi connectivity index (χ0v) is 11.5. The molecule has 1 aromatic carbocycles. The minimum absolute atomic E-state index is 0.215. The maximum atomic E-state index is 11.3. The molecule has 0 saturated carbocycles. The zero-order valence-electron chi connectivity index (χ0n) is 10.7. The van der Waals surface area contributed by atoms with Gasteiger partial charge in [0.1, 0.15) is 5.82 Å². The van der Waals surface area contributed by atoms with E-state index in [-0.39, 0.29) is 5.25 Å². The molecule has 2 rings (SSSR count). The first-order chi connectivity index (χ1) is 8.68. The minimum atomic E-state index is -0.756. The van der Waals surface area contributed by atoms with Crippen LogP contribution in [0.4, 0.5) is 5.82 Å². The number of pyridine rings is 1. The number of hydrogen-bond acceptors (Lipinski definition) is 3. The Balaban J connectivity index is 2.06. The molecule has 2 aromatic rings. The number of benzene rings is 1. The van der Waals surface area contributed by atoms with Gasteiger partial charge >= 0.3 is 0 Å². The number of nitrogens with zero attached hydrogens (tertiary/aromatic N) is 1. The smallest absolute Gasteiger partial charge is 0.133 e. The highest BCUT2D eigenvalue weighted by Crippen LogP contribution is 2.20. The van der Waals surface area contributed by atoms with Crippen molar-refractivity contribution in [1.29, 1.82) is 0 Å². The van der Waals surface area contributed by atoms with E-state index in [1.165, 1.54) is 5.39 Å². The molecule has 0 fully saturated rings. The van der Waals surface area contributed by atoms with E-state index in [1.807, 2.05) is 31.3 Å². The molecule has 2 atom stereocenters. The lowest BCUT2D eigenvalue weighted by Crippen LogP contribution is -2.15. The molecule has 0 aliphatic rings. The Bertz CT molecular complexity index is 551. The van der Waals surface area contributed by atoms with Crippen LogP contribution in [0.1, 0.15) is 13.3 Å². The molecule has 0 bridgehead atoms. The molecule has 0 saturated heterocycles. The summed E-state index contributed by atoms with van der Waals surface area (Å²) in [6.45, 7) is 2.80. The summed E-state index contributed by atoms with van der Waals surface area (Å²) < 4.78 is 11.3. The van der Waals surface area contributed by atoms with Gasteiger partial charge in [0.25, 0.3) is 0 Å². The maximum Gasteiger partial charge on any atom is 0.133 e. The van der Waals surface area contributed by atoms with Crippen LogP contribution in [0.5, 0.6) is 0 Å². The third-order valence-corrected chi connectivity index (χ3v) is 4.45. The number of anilines is 1. The summed E-state index contributed by atoms with van der Waals surface area (Å²) in [6.07, 6.45) is 4.45. The van der Waals surface area contributed by atoms with Crippen LogP contribution in [0.2, 0.25) is 0 Å². The van der Waals surface area contributed by atoms with E-state index in [0.717, 1.165) is 24.2 Å². The van der Waals surface area contributed by atoms with Crippen LogP contribution in [0.15, 0.2) is 36.5 Å². The second kappa shape index (κ2) is 5.96. The van der Waals surface area contributed by atoms with Gasteiger partial charge in [-0.3, -0.25) is 4.21 Å². The fourth-order valence-electron chi connectivity index (χ4n) is 1.82. The van der Waals surface area contributed by atoms with E-state index in [1.54, 1.807) is 6.26 Å². The number of rotatable bonds is 5. The standard InChI is InChI=1S/C14H18N2OS/c1-11(18(2)17)7-9-15-14-13-6-4-3-5-12(13)8-10-16-14/h3-6,8,10-11H,7,9H2,1-2H3,(H,15,16). The van der Waals surface area contributed by atoms with E-state index >= 15 is 0 Å². The Hall–Kier alpha value is -1.42. The highest BCUT2D eigenvalue weighted by atomic mass is 32.2. The number of aromatic nitrogens is 1. The van der Waals surface area contributed by atoms with E-state index in [9.17, 15) is 4.21 Å². The number of fused-ring (bicyclic) bond motifs is 1. The zero-order chi connectivity index (χ0) is 13.0. The average molecular weight is 262 g/mol. The first-order valence-electron chi connectivity index (χ1n) is 6.08. The van der Waals surface area contributed by atoms with Crippen molar-refractivity contribution in [3.63, 3.8) is 0 Å². The molecule has 0 amide bonds. The highest BCUT2D eigenvalue weighted by molar-refractivity contribution is 7.84. The molecule has 0 spiro atoms. The summed E-state index contributed by atoms with van der Waals surface area (Å²) in [4.78, 5) is 4.36. The van der Waals surface area contributed by atoms with E-state index in [2.05, 4.69) is 22.4 Å². The first kappa shape index (κ1) is 13.0. The van der Waals surface area contributed by atoms with Crippen molar-refractivity contribution in [1.82, 2.24) is 4.98 Å². The quantitative estimate of drug-likeness (QED) is 0.901. The summed E-state index contributed by atoms with van der Waals surface area (Å²) in [5, 5.41) is 5.86. The third kappa shape index (κ3) is 3.07. The lowest BCUT2D eigenvalue weighted by atomic mass is 10.1. The lowest BCUT2D eigenvalue weighted by molar-refractivity contribution is 0.672. The van der Waals surface area contributed by atoms with Gasteiger partial charge in [0.2, 0.25) is 0 Å². The predicted octanol–water partition coefficient (Wildman–Crippen LogP) is 2.80. The summed E-state index contributed by atoms with van der Waals surface area (Å²) in [5.41, 5.74) is 0. The van der Waals surface area contributed by atoms with Crippen molar-refractivity contribution in [2.75, 3.05) is 18.1 Å².